The quantitative estimate of drug-likeness (QED) is 0.770. The zero-order chi connectivity index (χ0) is 11.8. The van der Waals surface area contributed by atoms with Gasteiger partial charge >= 0.3 is 0 Å². The molecule has 1 aromatic heterocycles. The molecule has 1 aromatic rings. The second-order valence-corrected chi connectivity index (χ2v) is 4.11. The standard InChI is InChI=1S/C6H5F3N2O3S/c7-4-2(5(8)9)1-3(11-6(4)12)15(10,13)14/h1,5H,(H,11,12)(H2,10,13,14). The molecule has 15 heavy (non-hydrogen) atoms. The van der Waals surface area contributed by atoms with Crippen molar-refractivity contribution in [2.24, 2.45) is 5.14 Å². The van der Waals surface area contributed by atoms with Crippen molar-refractivity contribution in [1.82, 2.24) is 4.98 Å². The lowest BCUT2D eigenvalue weighted by atomic mass is 10.3. The van der Waals surface area contributed by atoms with Crippen LogP contribution in [0.15, 0.2) is 15.9 Å². The summed E-state index contributed by atoms with van der Waals surface area (Å²) in [6.45, 7) is 0. The predicted molar refractivity (Wildman–Crippen MR) is 43.4 cm³/mol. The molecule has 1 heterocycles. The summed E-state index contributed by atoms with van der Waals surface area (Å²) < 4.78 is 58.5. The molecular formula is C6H5F3N2O3S. The van der Waals surface area contributed by atoms with Gasteiger partial charge in [0.2, 0.25) is 0 Å². The molecule has 0 aliphatic rings. The Morgan fingerprint density at radius 2 is 1.93 bits per heavy atom. The molecule has 9 heteroatoms. The van der Waals surface area contributed by atoms with Crippen LogP contribution in [0, 0.1) is 5.82 Å². The Kier molecular flexibility index (Phi) is 2.86. The minimum atomic E-state index is -4.35. The van der Waals surface area contributed by atoms with Crippen LogP contribution in [0.3, 0.4) is 0 Å². The molecule has 0 saturated carbocycles. The van der Waals surface area contributed by atoms with Crippen LogP contribution >= 0.6 is 0 Å². The molecule has 1 rings (SSSR count). The molecule has 0 spiro atoms. The van der Waals surface area contributed by atoms with Crippen LogP contribution < -0.4 is 10.7 Å². The highest BCUT2D eigenvalue weighted by molar-refractivity contribution is 7.89. The molecule has 0 fully saturated rings. The number of hydrogen-bond acceptors (Lipinski definition) is 3. The number of sulfonamides is 1. The number of pyridine rings is 1. The van der Waals surface area contributed by atoms with Crippen molar-refractivity contribution >= 4 is 10.0 Å². The number of hydrogen-bond donors (Lipinski definition) is 2. The van der Waals surface area contributed by atoms with Gasteiger partial charge in [-0.25, -0.2) is 26.7 Å². The molecule has 0 unspecified atom stereocenters. The topological polar surface area (TPSA) is 93.0 Å². The number of nitrogens with one attached hydrogen (secondary N) is 1. The smallest absolute Gasteiger partial charge is 0.285 e. The van der Waals surface area contributed by atoms with Crippen LogP contribution in [0.4, 0.5) is 13.2 Å². The number of halogens is 3. The Bertz CT molecular complexity index is 537. The van der Waals surface area contributed by atoms with Crippen molar-refractivity contribution in [2.45, 2.75) is 11.5 Å². The number of rotatable bonds is 2. The van der Waals surface area contributed by atoms with Crippen molar-refractivity contribution in [3.05, 3.63) is 27.8 Å². The fraction of sp³-hybridized carbons (Fsp3) is 0.167. The first-order valence-electron chi connectivity index (χ1n) is 3.47. The molecule has 3 N–H and O–H groups in total. The predicted octanol–water partition coefficient (Wildman–Crippen LogP) is 0.0990. The molecule has 0 aliphatic carbocycles. The fourth-order valence-electron chi connectivity index (χ4n) is 0.851. The van der Waals surface area contributed by atoms with Gasteiger partial charge in [-0.1, -0.05) is 0 Å². The second-order valence-electron chi connectivity index (χ2n) is 2.58. The first-order chi connectivity index (χ1) is 6.73. The lowest BCUT2D eigenvalue weighted by Gasteiger charge is -2.03. The number of aromatic amines is 1. The molecule has 5 nitrogen and oxygen atoms in total. The number of alkyl halides is 2. The number of nitrogens with two attached hydrogens (primary N) is 1. The second kappa shape index (κ2) is 3.66. The third-order valence-corrected chi connectivity index (χ3v) is 2.35. The lowest BCUT2D eigenvalue weighted by Crippen LogP contribution is -2.22. The summed E-state index contributed by atoms with van der Waals surface area (Å²) in [5.41, 5.74) is -2.86. The molecule has 0 radical (unpaired) electrons. The van der Waals surface area contributed by atoms with E-state index in [1.54, 1.807) is 0 Å². The van der Waals surface area contributed by atoms with E-state index in [2.05, 4.69) is 5.14 Å². The van der Waals surface area contributed by atoms with E-state index in [9.17, 15) is 26.4 Å². The van der Waals surface area contributed by atoms with Gasteiger partial charge in [0.25, 0.3) is 22.0 Å². The molecule has 0 aromatic carbocycles. The van der Waals surface area contributed by atoms with E-state index < -0.39 is 38.4 Å². The largest absolute Gasteiger partial charge is 0.309 e. The van der Waals surface area contributed by atoms with Gasteiger partial charge in [0, 0.05) is 0 Å². The Morgan fingerprint density at radius 3 is 2.33 bits per heavy atom. The van der Waals surface area contributed by atoms with E-state index in [-0.39, 0.29) is 6.07 Å². The van der Waals surface area contributed by atoms with Crippen molar-refractivity contribution in [3.8, 4) is 0 Å². The zero-order valence-electron chi connectivity index (χ0n) is 7.00. The van der Waals surface area contributed by atoms with Crippen LogP contribution in [0.25, 0.3) is 0 Å². The van der Waals surface area contributed by atoms with Crippen molar-refractivity contribution in [3.63, 3.8) is 0 Å². The SMILES string of the molecule is NS(=O)(=O)c1cc(C(F)F)c(F)c(=O)[nH]1. The summed E-state index contributed by atoms with van der Waals surface area (Å²) in [4.78, 5) is 12.3. The van der Waals surface area contributed by atoms with E-state index in [0.29, 0.717) is 0 Å². The molecule has 0 saturated heterocycles. The normalized spacial score (nSPS) is 12.1. The molecule has 84 valence electrons. The third-order valence-electron chi connectivity index (χ3n) is 1.52. The van der Waals surface area contributed by atoms with Gasteiger partial charge in [0.05, 0.1) is 5.56 Å². The van der Waals surface area contributed by atoms with Gasteiger partial charge in [0.1, 0.15) is 0 Å². The summed E-state index contributed by atoms with van der Waals surface area (Å²) in [7, 11) is -4.35. The maximum Gasteiger partial charge on any atom is 0.285 e. The van der Waals surface area contributed by atoms with Gasteiger partial charge < -0.3 is 4.98 Å². The molecule has 0 aliphatic heterocycles. The van der Waals surface area contributed by atoms with E-state index in [4.69, 9.17) is 0 Å². The molecule has 0 atom stereocenters. The van der Waals surface area contributed by atoms with E-state index in [0.717, 1.165) is 0 Å². The van der Waals surface area contributed by atoms with E-state index in [1.165, 1.54) is 4.98 Å². The first-order valence-corrected chi connectivity index (χ1v) is 5.02. The Morgan fingerprint density at radius 1 is 1.40 bits per heavy atom. The monoisotopic (exact) mass is 242 g/mol. The Labute approximate surface area is 81.8 Å². The lowest BCUT2D eigenvalue weighted by molar-refractivity contribution is 0.145. The molecular weight excluding hydrogens is 237 g/mol. The Hall–Kier alpha value is -1.35. The molecule has 0 amide bonds. The van der Waals surface area contributed by atoms with E-state index >= 15 is 0 Å². The average molecular weight is 242 g/mol. The number of H-pyrrole nitrogens is 1. The van der Waals surface area contributed by atoms with Crippen LogP contribution in [-0.2, 0) is 10.0 Å². The highest BCUT2D eigenvalue weighted by atomic mass is 32.2. The maximum atomic E-state index is 12.8. The minimum absolute atomic E-state index is 0.288. The van der Waals surface area contributed by atoms with Gasteiger partial charge in [-0.15, -0.1) is 0 Å². The minimum Gasteiger partial charge on any atom is -0.309 e. The third kappa shape index (κ3) is 2.36. The summed E-state index contributed by atoms with van der Waals surface area (Å²) in [6.07, 6.45) is -3.30. The summed E-state index contributed by atoms with van der Waals surface area (Å²) in [6, 6.07) is 0.288. The van der Waals surface area contributed by atoms with Crippen molar-refractivity contribution in [1.29, 1.82) is 0 Å². The zero-order valence-corrected chi connectivity index (χ0v) is 7.82. The summed E-state index contributed by atoms with van der Waals surface area (Å²) >= 11 is 0. The van der Waals surface area contributed by atoms with Gasteiger partial charge in [-0.05, 0) is 6.07 Å². The summed E-state index contributed by atoms with van der Waals surface area (Å²) in [5.74, 6) is -1.72. The van der Waals surface area contributed by atoms with E-state index in [1.807, 2.05) is 0 Å². The highest BCUT2D eigenvalue weighted by Gasteiger charge is 2.21. The van der Waals surface area contributed by atoms with Crippen LogP contribution in [0.2, 0.25) is 0 Å². The first kappa shape index (κ1) is 11.7. The van der Waals surface area contributed by atoms with Gasteiger partial charge in [-0.3, -0.25) is 4.79 Å². The fourth-order valence-corrected chi connectivity index (χ4v) is 1.38. The summed E-state index contributed by atoms with van der Waals surface area (Å²) in [5, 5.41) is 3.63. The van der Waals surface area contributed by atoms with Gasteiger partial charge in [0.15, 0.2) is 10.8 Å². The van der Waals surface area contributed by atoms with Crippen LogP contribution in [0.5, 0.6) is 0 Å². The number of primary sulfonamides is 1. The Balaban J connectivity index is 3.58. The highest BCUT2D eigenvalue weighted by Crippen LogP contribution is 2.21. The number of aromatic nitrogens is 1. The van der Waals surface area contributed by atoms with Crippen LogP contribution in [-0.4, -0.2) is 13.4 Å². The van der Waals surface area contributed by atoms with Gasteiger partial charge in [-0.2, -0.15) is 0 Å². The van der Waals surface area contributed by atoms with Crippen molar-refractivity contribution < 1.29 is 21.6 Å². The van der Waals surface area contributed by atoms with Crippen LogP contribution in [0.1, 0.15) is 12.0 Å². The van der Waals surface area contributed by atoms with Crippen molar-refractivity contribution in [2.75, 3.05) is 0 Å². The maximum absolute atomic E-state index is 12.8. The average Bonchev–Trinajstić information content (AvgIpc) is 2.06. The molecule has 0 bridgehead atoms.